The fourth-order valence-corrected chi connectivity index (χ4v) is 3.33. The summed E-state index contributed by atoms with van der Waals surface area (Å²) in [5, 5.41) is 0.772. The number of aryl methyl sites for hydroxylation is 1. The predicted octanol–water partition coefficient (Wildman–Crippen LogP) is 4.05. The zero-order valence-corrected chi connectivity index (χ0v) is 17.1. The lowest BCUT2D eigenvalue weighted by Gasteiger charge is -2.19. The lowest BCUT2D eigenvalue weighted by atomic mass is 10.1. The van der Waals surface area contributed by atoms with Crippen LogP contribution in [-0.4, -0.2) is 35.5 Å². The second-order valence-electron chi connectivity index (χ2n) is 6.19. The maximum absolute atomic E-state index is 13.2. The van der Waals surface area contributed by atoms with E-state index in [1.54, 1.807) is 30.3 Å². The molecule has 1 aliphatic rings. The minimum Gasteiger partial charge on any atom is -0.468 e. The standard InChI is InChI=1S/C21H19ClN2O3S/c1-3-14-4-6-15(7-5-14)12-18-20(26)24(17-10-8-16(22)9-11-17)21(28)23(18)13-19(25)27-2/h4-12H,3,13H2,1-2H3/b18-12-. The topological polar surface area (TPSA) is 49.9 Å². The molecule has 1 saturated heterocycles. The quantitative estimate of drug-likeness (QED) is 0.419. The highest BCUT2D eigenvalue weighted by Crippen LogP contribution is 2.30. The molecule has 28 heavy (non-hydrogen) atoms. The summed E-state index contributed by atoms with van der Waals surface area (Å²) >= 11 is 11.5. The van der Waals surface area contributed by atoms with Gasteiger partial charge in [0.1, 0.15) is 12.2 Å². The summed E-state index contributed by atoms with van der Waals surface area (Å²) in [6, 6.07) is 14.7. The normalized spacial score (nSPS) is 15.5. The van der Waals surface area contributed by atoms with Crippen LogP contribution in [0.4, 0.5) is 5.69 Å². The van der Waals surface area contributed by atoms with E-state index in [1.807, 2.05) is 24.3 Å². The van der Waals surface area contributed by atoms with Crippen LogP contribution in [0, 0.1) is 0 Å². The maximum atomic E-state index is 13.2. The van der Waals surface area contributed by atoms with Crippen LogP contribution < -0.4 is 4.90 Å². The summed E-state index contributed by atoms with van der Waals surface area (Å²) < 4.78 is 4.77. The minimum atomic E-state index is -0.486. The number of rotatable bonds is 5. The van der Waals surface area contributed by atoms with Crippen LogP contribution in [0.25, 0.3) is 6.08 Å². The van der Waals surface area contributed by atoms with E-state index in [0.717, 1.165) is 12.0 Å². The Morgan fingerprint density at radius 3 is 2.36 bits per heavy atom. The van der Waals surface area contributed by atoms with E-state index in [1.165, 1.54) is 22.5 Å². The Kier molecular flexibility index (Phi) is 6.11. The summed E-state index contributed by atoms with van der Waals surface area (Å²) in [7, 11) is 1.30. The van der Waals surface area contributed by atoms with Crippen LogP contribution in [0.5, 0.6) is 0 Å². The van der Waals surface area contributed by atoms with Gasteiger partial charge in [0.25, 0.3) is 5.91 Å². The summed E-state index contributed by atoms with van der Waals surface area (Å²) in [6.45, 7) is 1.93. The highest BCUT2D eigenvalue weighted by molar-refractivity contribution is 7.80. The fraction of sp³-hybridized carbons (Fsp3) is 0.190. The minimum absolute atomic E-state index is 0.149. The van der Waals surface area contributed by atoms with E-state index in [-0.39, 0.29) is 17.6 Å². The molecule has 0 atom stereocenters. The number of thiocarbonyl (C=S) groups is 1. The highest BCUT2D eigenvalue weighted by Gasteiger charge is 2.40. The van der Waals surface area contributed by atoms with Crippen molar-refractivity contribution in [3.8, 4) is 0 Å². The molecule has 5 nitrogen and oxygen atoms in total. The predicted molar refractivity (Wildman–Crippen MR) is 114 cm³/mol. The number of esters is 1. The van der Waals surface area contributed by atoms with Crippen molar-refractivity contribution in [2.45, 2.75) is 13.3 Å². The zero-order chi connectivity index (χ0) is 20.3. The number of hydrogen-bond acceptors (Lipinski definition) is 4. The first-order valence-corrected chi connectivity index (χ1v) is 9.52. The van der Waals surface area contributed by atoms with E-state index < -0.39 is 5.97 Å². The van der Waals surface area contributed by atoms with Crippen molar-refractivity contribution < 1.29 is 14.3 Å². The molecule has 0 spiro atoms. The molecule has 0 N–H and O–H groups in total. The van der Waals surface area contributed by atoms with Crippen molar-refractivity contribution in [2.75, 3.05) is 18.6 Å². The number of amides is 1. The van der Waals surface area contributed by atoms with Crippen molar-refractivity contribution in [1.82, 2.24) is 4.90 Å². The van der Waals surface area contributed by atoms with E-state index >= 15 is 0 Å². The molecule has 0 aliphatic carbocycles. The molecule has 144 valence electrons. The molecule has 1 fully saturated rings. The Balaban J connectivity index is 2.01. The number of benzene rings is 2. The van der Waals surface area contributed by atoms with Crippen LogP contribution in [0.3, 0.4) is 0 Å². The Bertz CT molecular complexity index is 939. The molecular weight excluding hydrogens is 396 g/mol. The SMILES string of the molecule is CCc1ccc(/C=C2/C(=O)N(c3ccc(Cl)cc3)C(=S)N2CC(=O)OC)cc1. The van der Waals surface area contributed by atoms with E-state index in [2.05, 4.69) is 6.92 Å². The number of halogens is 1. The van der Waals surface area contributed by atoms with Gasteiger partial charge in [-0.05, 0) is 60.1 Å². The van der Waals surface area contributed by atoms with Gasteiger partial charge in [-0.3, -0.25) is 14.5 Å². The number of nitrogens with zero attached hydrogens (tertiary/aromatic N) is 2. The molecule has 0 unspecified atom stereocenters. The van der Waals surface area contributed by atoms with Gasteiger partial charge in [-0.1, -0.05) is 42.8 Å². The first kappa shape index (κ1) is 20.0. The Hall–Kier alpha value is -2.70. The fourth-order valence-electron chi connectivity index (χ4n) is 2.85. The summed E-state index contributed by atoms with van der Waals surface area (Å²) in [4.78, 5) is 27.9. The van der Waals surface area contributed by atoms with Gasteiger partial charge >= 0.3 is 5.97 Å². The molecule has 2 aromatic rings. The average molecular weight is 415 g/mol. The first-order valence-electron chi connectivity index (χ1n) is 8.73. The van der Waals surface area contributed by atoms with Crippen LogP contribution in [0.15, 0.2) is 54.2 Å². The van der Waals surface area contributed by atoms with Gasteiger partial charge in [0.2, 0.25) is 0 Å². The Morgan fingerprint density at radius 1 is 1.14 bits per heavy atom. The van der Waals surface area contributed by atoms with E-state index in [4.69, 9.17) is 28.6 Å². The first-order chi connectivity index (χ1) is 13.4. The number of methoxy groups -OCH3 is 1. The van der Waals surface area contributed by atoms with Crippen LogP contribution in [0.2, 0.25) is 5.02 Å². The molecule has 7 heteroatoms. The molecule has 0 aromatic heterocycles. The lowest BCUT2D eigenvalue weighted by Crippen LogP contribution is -2.35. The number of hydrogen-bond donors (Lipinski definition) is 0. The lowest BCUT2D eigenvalue weighted by molar-refractivity contribution is -0.140. The molecule has 0 saturated carbocycles. The summed E-state index contributed by atoms with van der Waals surface area (Å²) in [5.74, 6) is -0.795. The molecule has 0 bridgehead atoms. The molecular formula is C21H19ClN2O3S. The second kappa shape index (κ2) is 8.54. The average Bonchev–Trinajstić information content (AvgIpc) is 2.93. The van der Waals surface area contributed by atoms with Crippen molar-refractivity contribution >= 4 is 52.6 Å². The highest BCUT2D eigenvalue weighted by atomic mass is 35.5. The van der Waals surface area contributed by atoms with Crippen LogP contribution in [-0.2, 0) is 20.7 Å². The van der Waals surface area contributed by atoms with Crippen molar-refractivity contribution in [3.05, 3.63) is 70.4 Å². The van der Waals surface area contributed by atoms with Gasteiger partial charge in [0.15, 0.2) is 5.11 Å². The van der Waals surface area contributed by atoms with Gasteiger partial charge in [-0.15, -0.1) is 0 Å². The third-order valence-corrected chi connectivity index (χ3v) is 5.08. The van der Waals surface area contributed by atoms with Crippen LogP contribution >= 0.6 is 23.8 Å². The molecule has 1 aliphatic heterocycles. The summed E-state index contributed by atoms with van der Waals surface area (Å²) in [5.41, 5.74) is 2.94. The number of carbonyl (C=O) groups excluding carboxylic acids is 2. The molecule has 2 aromatic carbocycles. The summed E-state index contributed by atoms with van der Waals surface area (Å²) in [6.07, 6.45) is 2.66. The van der Waals surface area contributed by atoms with Crippen molar-refractivity contribution in [1.29, 1.82) is 0 Å². The van der Waals surface area contributed by atoms with Gasteiger partial charge in [-0.2, -0.15) is 0 Å². The van der Waals surface area contributed by atoms with Gasteiger partial charge in [0.05, 0.1) is 12.8 Å². The van der Waals surface area contributed by atoms with Crippen LogP contribution in [0.1, 0.15) is 18.1 Å². The molecule has 0 radical (unpaired) electrons. The van der Waals surface area contributed by atoms with Gasteiger partial charge in [0, 0.05) is 5.02 Å². The Morgan fingerprint density at radius 2 is 1.79 bits per heavy atom. The Labute approximate surface area is 174 Å². The van der Waals surface area contributed by atoms with Gasteiger partial charge < -0.3 is 9.64 Å². The maximum Gasteiger partial charge on any atom is 0.325 e. The van der Waals surface area contributed by atoms with Crippen molar-refractivity contribution in [2.24, 2.45) is 0 Å². The zero-order valence-electron chi connectivity index (χ0n) is 15.5. The third kappa shape index (κ3) is 4.08. The number of anilines is 1. The second-order valence-corrected chi connectivity index (χ2v) is 6.99. The molecule has 1 heterocycles. The van der Waals surface area contributed by atoms with Gasteiger partial charge in [-0.25, -0.2) is 0 Å². The molecule has 1 amide bonds. The van der Waals surface area contributed by atoms with E-state index in [0.29, 0.717) is 16.4 Å². The number of carbonyl (C=O) groups is 2. The monoisotopic (exact) mass is 414 g/mol. The van der Waals surface area contributed by atoms with Crippen molar-refractivity contribution in [3.63, 3.8) is 0 Å². The third-order valence-electron chi connectivity index (χ3n) is 4.43. The molecule has 3 rings (SSSR count). The number of ether oxygens (including phenoxy) is 1. The van der Waals surface area contributed by atoms with E-state index in [9.17, 15) is 9.59 Å². The largest absolute Gasteiger partial charge is 0.468 e. The smallest absolute Gasteiger partial charge is 0.325 e.